The molecule has 1 fully saturated rings. The molecular formula is C32H43FN4O5. The number of carbonyl (C=O) groups excluding carboxylic acids is 3. The Kier molecular flexibility index (Phi) is 11.3. The summed E-state index contributed by atoms with van der Waals surface area (Å²) in [4.78, 5) is 40.3. The molecule has 0 aromatic heterocycles. The molecule has 3 amide bonds. The van der Waals surface area contributed by atoms with Crippen LogP contribution >= 0.6 is 0 Å². The number of aliphatic hydroxyl groups is 1. The fourth-order valence-corrected chi connectivity index (χ4v) is 5.16. The average molecular weight is 583 g/mol. The Morgan fingerprint density at radius 2 is 1.83 bits per heavy atom. The van der Waals surface area contributed by atoms with E-state index in [0.717, 1.165) is 18.4 Å². The van der Waals surface area contributed by atoms with E-state index < -0.39 is 36.0 Å². The van der Waals surface area contributed by atoms with Gasteiger partial charge in [-0.2, -0.15) is 0 Å². The second kappa shape index (κ2) is 15.1. The van der Waals surface area contributed by atoms with Crippen molar-refractivity contribution in [3.8, 4) is 5.75 Å². The van der Waals surface area contributed by atoms with E-state index in [9.17, 15) is 23.9 Å². The van der Waals surface area contributed by atoms with Crippen LogP contribution in [0.3, 0.4) is 0 Å². The molecular weight excluding hydrogens is 539 g/mol. The first kappa shape index (κ1) is 31.4. The maximum atomic E-state index is 14.2. The van der Waals surface area contributed by atoms with Gasteiger partial charge in [0.15, 0.2) is 0 Å². The molecule has 1 saturated carbocycles. The number of para-hydroxylation sites is 1. The summed E-state index contributed by atoms with van der Waals surface area (Å²) in [7, 11) is 0. The van der Waals surface area contributed by atoms with Gasteiger partial charge in [-0.05, 0) is 60.5 Å². The van der Waals surface area contributed by atoms with Crippen molar-refractivity contribution >= 4 is 17.7 Å². The SMILES string of the molecule is CC(C)C1NC(=O)[C@@H](CC2=CCC=CC(F)=C2)NCCOc2ccccc2C[C@H](O)CNC(=O)[C@H](CC2CC2)NC1=O. The van der Waals surface area contributed by atoms with E-state index in [4.69, 9.17) is 4.74 Å². The number of rotatable bonds is 5. The van der Waals surface area contributed by atoms with Gasteiger partial charge in [-0.1, -0.05) is 57.0 Å². The molecule has 9 nitrogen and oxygen atoms in total. The second-order valence-corrected chi connectivity index (χ2v) is 11.7. The number of halogens is 1. The average Bonchev–Trinajstić information content (AvgIpc) is 3.79. The fraction of sp³-hybridized carbons (Fsp3) is 0.531. The van der Waals surface area contributed by atoms with Crippen LogP contribution in [0, 0.1) is 11.8 Å². The van der Waals surface area contributed by atoms with Gasteiger partial charge in [0.2, 0.25) is 17.7 Å². The minimum atomic E-state index is -0.888. The van der Waals surface area contributed by atoms with Crippen molar-refractivity contribution < 1.29 is 28.6 Å². The van der Waals surface area contributed by atoms with Crippen LogP contribution in [0.2, 0.25) is 0 Å². The third kappa shape index (κ3) is 9.52. The molecule has 1 aromatic rings. The molecule has 10 heteroatoms. The summed E-state index contributed by atoms with van der Waals surface area (Å²) in [5.74, 6) is -0.899. The van der Waals surface area contributed by atoms with Crippen LogP contribution in [0.15, 0.2) is 60.0 Å². The summed E-state index contributed by atoms with van der Waals surface area (Å²) in [5, 5.41) is 22.5. The molecule has 1 unspecified atom stereocenters. The van der Waals surface area contributed by atoms with Crippen LogP contribution < -0.4 is 26.0 Å². The number of benzene rings is 1. The highest BCUT2D eigenvalue weighted by molar-refractivity contribution is 5.93. The summed E-state index contributed by atoms with van der Waals surface area (Å²) in [6.07, 6.45) is 9.05. The Morgan fingerprint density at radius 1 is 1.05 bits per heavy atom. The first-order valence-electron chi connectivity index (χ1n) is 14.9. The molecule has 1 heterocycles. The quantitative estimate of drug-likeness (QED) is 0.363. The number of amides is 3. The summed E-state index contributed by atoms with van der Waals surface area (Å²) < 4.78 is 20.2. The normalized spacial score (nSPS) is 26.7. The van der Waals surface area contributed by atoms with E-state index in [0.29, 0.717) is 36.6 Å². The van der Waals surface area contributed by atoms with Gasteiger partial charge < -0.3 is 31.1 Å². The van der Waals surface area contributed by atoms with Gasteiger partial charge in [-0.25, -0.2) is 4.39 Å². The number of β-amino-alcohol motifs (C(OH)–C–C–N with tert-alkyl or cyclic N) is 1. The maximum absolute atomic E-state index is 14.2. The number of allylic oxidation sites excluding steroid dienone is 5. The highest BCUT2D eigenvalue weighted by atomic mass is 19.1. The molecule has 42 heavy (non-hydrogen) atoms. The van der Waals surface area contributed by atoms with Gasteiger partial charge in [-0.15, -0.1) is 0 Å². The molecule has 3 aliphatic rings. The van der Waals surface area contributed by atoms with E-state index in [1.165, 1.54) is 12.2 Å². The summed E-state index contributed by atoms with van der Waals surface area (Å²) in [6, 6.07) is 4.93. The van der Waals surface area contributed by atoms with Gasteiger partial charge in [-0.3, -0.25) is 14.4 Å². The third-order valence-corrected chi connectivity index (χ3v) is 7.71. The van der Waals surface area contributed by atoms with Gasteiger partial charge in [0.25, 0.3) is 0 Å². The predicted molar refractivity (Wildman–Crippen MR) is 158 cm³/mol. The lowest BCUT2D eigenvalue weighted by Crippen LogP contribution is -2.58. The van der Waals surface area contributed by atoms with Crippen LogP contribution in [0.5, 0.6) is 5.75 Å². The van der Waals surface area contributed by atoms with Crippen LogP contribution in [-0.4, -0.2) is 66.8 Å². The van der Waals surface area contributed by atoms with Gasteiger partial charge in [0.1, 0.15) is 30.3 Å². The minimum Gasteiger partial charge on any atom is -0.492 e. The molecule has 0 bridgehead atoms. The number of hydrogen-bond acceptors (Lipinski definition) is 6. The Bertz CT molecular complexity index is 1210. The number of nitrogens with one attached hydrogen (secondary N) is 4. The molecule has 1 aliphatic heterocycles. The molecule has 228 valence electrons. The Morgan fingerprint density at radius 3 is 2.60 bits per heavy atom. The lowest BCUT2D eigenvalue weighted by molar-refractivity contribution is -0.133. The Balaban J connectivity index is 1.58. The van der Waals surface area contributed by atoms with Crippen LogP contribution in [0.4, 0.5) is 4.39 Å². The number of fused-ring (bicyclic) bond motifs is 1. The third-order valence-electron chi connectivity index (χ3n) is 7.71. The van der Waals surface area contributed by atoms with E-state index in [-0.39, 0.29) is 43.6 Å². The van der Waals surface area contributed by atoms with Crippen molar-refractivity contribution in [2.24, 2.45) is 11.8 Å². The van der Waals surface area contributed by atoms with Gasteiger partial charge in [0, 0.05) is 19.5 Å². The zero-order valence-electron chi connectivity index (χ0n) is 24.4. The highest BCUT2D eigenvalue weighted by Crippen LogP contribution is 2.33. The molecule has 2 aliphatic carbocycles. The lowest BCUT2D eigenvalue weighted by atomic mass is 9.99. The maximum Gasteiger partial charge on any atom is 0.243 e. The minimum absolute atomic E-state index is 0.0260. The molecule has 0 radical (unpaired) electrons. The Labute approximate surface area is 247 Å². The number of aliphatic hydroxyl groups excluding tert-OH is 1. The van der Waals surface area contributed by atoms with Crippen molar-refractivity contribution in [1.29, 1.82) is 0 Å². The van der Waals surface area contributed by atoms with Crippen molar-refractivity contribution in [2.75, 3.05) is 19.7 Å². The summed E-state index contributed by atoms with van der Waals surface area (Å²) >= 11 is 0. The first-order valence-corrected chi connectivity index (χ1v) is 14.9. The van der Waals surface area contributed by atoms with Crippen LogP contribution in [0.1, 0.15) is 51.5 Å². The molecule has 4 rings (SSSR count). The topological polar surface area (TPSA) is 129 Å². The van der Waals surface area contributed by atoms with Crippen LogP contribution in [-0.2, 0) is 20.8 Å². The summed E-state index contributed by atoms with van der Waals surface area (Å²) in [5.41, 5.74) is 1.45. The standard InChI is InChI=1S/C32H43FN4O5/c1-20(2)29-32(41)36-27(16-21-11-12-21)30(39)35-19-25(38)18-23-8-4-6-10-28(23)42-14-13-34-26(31(40)37-29)17-22-7-3-5-9-24(33)15-22/h4-10,15,20-21,25-27,29,34,38H,3,11-14,16-19H2,1-2H3,(H,35,39)(H,36,41)(H,37,40)/t25-,26+,27-,29?/m0/s1. The zero-order valence-corrected chi connectivity index (χ0v) is 24.4. The molecule has 0 spiro atoms. The Hall–Kier alpha value is -3.50. The number of hydrogen-bond donors (Lipinski definition) is 5. The van der Waals surface area contributed by atoms with E-state index in [1.807, 2.05) is 44.2 Å². The molecule has 1 aromatic carbocycles. The second-order valence-electron chi connectivity index (χ2n) is 11.7. The van der Waals surface area contributed by atoms with Gasteiger partial charge >= 0.3 is 0 Å². The number of carbonyl (C=O) groups is 3. The monoisotopic (exact) mass is 582 g/mol. The molecule has 4 atom stereocenters. The molecule has 0 saturated heterocycles. The summed E-state index contributed by atoms with van der Waals surface area (Å²) in [6.45, 7) is 4.22. The van der Waals surface area contributed by atoms with Crippen molar-refractivity contribution in [1.82, 2.24) is 21.3 Å². The smallest absolute Gasteiger partial charge is 0.243 e. The zero-order chi connectivity index (χ0) is 30.1. The van der Waals surface area contributed by atoms with Crippen molar-refractivity contribution in [3.05, 3.63) is 65.5 Å². The fourth-order valence-electron chi connectivity index (χ4n) is 5.16. The predicted octanol–water partition coefficient (Wildman–Crippen LogP) is 2.61. The first-order chi connectivity index (χ1) is 20.2. The van der Waals surface area contributed by atoms with Crippen LogP contribution in [0.25, 0.3) is 0 Å². The highest BCUT2D eigenvalue weighted by Gasteiger charge is 2.34. The van der Waals surface area contributed by atoms with Crippen molar-refractivity contribution in [3.63, 3.8) is 0 Å². The van der Waals surface area contributed by atoms with E-state index >= 15 is 0 Å². The van der Waals surface area contributed by atoms with E-state index in [2.05, 4.69) is 21.3 Å². The lowest BCUT2D eigenvalue weighted by Gasteiger charge is -2.28. The van der Waals surface area contributed by atoms with Crippen molar-refractivity contribution in [2.45, 2.75) is 76.6 Å². The number of ether oxygens (including phenoxy) is 1. The van der Waals surface area contributed by atoms with E-state index in [1.54, 1.807) is 6.08 Å². The molecule has 5 N–H and O–H groups in total. The van der Waals surface area contributed by atoms with Gasteiger partial charge in [0.05, 0.1) is 12.1 Å². The largest absolute Gasteiger partial charge is 0.492 e.